The first-order valence-electron chi connectivity index (χ1n) is 7.03. The van der Waals surface area contributed by atoms with E-state index < -0.39 is 5.97 Å². The van der Waals surface area contributed by atoms with Gasteiger partial charge in [0.1, 0.15) is 11.3 Å². The highest BCUT2D eigenvalue weighted by atomic mass is 16.5. The summed E-state index contributed by atoms with van der Waals surface area (Å²) in [6.45, 7) is 2.00. The normalized spacial score (nSPS) is 11.4. The number of hydrogen-bond donors (Lipinski definition) is 1. The zero-order valence-electron chi connectivity index (χ0n) is 12.4. The zero-order valence-corrected chi connectivity index (χ0v) is 12.4. The van der Waals surface area contributed by atoms with Crippen molar-refractivity contribution < 1.29 is 13.9 Å². The van der Waals surface area contributed by atoms with Crippen molar-refractivity contribution in [2.45, 2.75) is 6.92 Å². The highest BCUT2D eigenvalue weighted by Gasteiger charge is 2.19. The molecule has 7 nitrogen and oxygen atoms in total. The van der Waals surface area contributed by atoms with E-state index in [-0.39, 0.29) is 12.2 Å². The van der Waals surface area contributed by atoms with Crippen molar-refractivity contribution in [3.63, 3.8) is 0 Å². The molecule has 3 aromatic heterocycles. The van der Waals surface area contributed by atoms with Crippen molar-refractivity contribution >= 4 is 17.6 Å². The largest absolute Gasteiger partial charge is 0.465 e. The second-order valence-corrected chi connectivity index (χ2v) is 4.54. The predicted octanol–water partition coefficient (Wildman–Crippen LogP) is 2.56. The van der Waals surface area contributed by atoms with Crippen LogP contribution in [-0.4, -0.2) is 32.7 Å². The average molecular weight is 310 g/mol. The fourth-order valence-electron chi connectivity index (χ4n) is 1.95. The summed E-state index contributed by atoms with van der Waals surface area (Å²) in [5, 5.41) is 6.88. The maximum atomic E-state index is 12.2. The summed E-state index contributed by atoms with van der Waals surface area (Å²) in [5.41, 5.74) is 0.987. The summed E-state index contributed by atoms with van der Waals surface area (Å²) in [7, 11) is 0. The highest BCUT2D eigenvalue weighted by Crippen LogP contribution is 2.20. The third kappa shape index (κ3) is 3.34. The van der Waals surface area contributed by atoms with Crippen LogP contribution in [0.3, 0.4) is 0 Å². The Balaban J connectivity index is 1.97. The van der Waals surface area contributed by atoms with Gasteiger partial charge in [-0.15, -0.1) is 0 Å². The van der Waals surface area contributed by atoms with Gasteiger partial charge in [-0.3, -0.25) is 10.1 Å². The summed E-state index contributed by atoms with van der Waals surface area (Å²) < 4.78 is 10.3. The topological polar surface area (TPSA) is 93.9 Å². The number of hydrogen-bond acceptors (Lipinski definition) is 6. The van der Waals surface area contributed by atoms with Gasteiger partial charge in [0.15, 0.2) is 11.6 Å². The van der Waals surface area contributed by atoms with Crippen molar-refractivity contribution in [3.8, 4) is 11.4 Å². The molecule has 0 aliphatic rings. The number of H-pyrrole nitrogens is 1. The lowest BCUT2D eigenvalue weighted by Crippen LogP contribution is -2.08. The molecule has 1 N–H and O–H groups in total. The predicted molar refractivity (Wildman–Crippen MR) is 82.8 cm³/mol. The minimum Gasteiger partial charge on any atom is -0.465 e. The fourth-order valence-corrected chi connectivity index (χ4v) is 1.95. The van der Waals surface area contributed by atoms with Crippen LogP contribution in [0.25, 0.3) is 23.0 Å². The third-order valence-electron chi connectivity index (χ3n) is 2.99. The number of nitrogens with one attached hydrogen (secondary N) is 1. The molecular weight excluding hydrogens is 296 g/mol. The van der Waals surface area contributed by atoms with E-state index in [9.17, 15) is 4.79 Å². The van der Waals surface area contributed by atoms with Crippen LogP contribution in [-0.2, 0) is 9.53 Å². The number of ether oxygens (including phenoxy) is 1. The van der Waals surface area contributed by atoms with Crippen molar-refractivity contribution in [3.05, 3.63) is 54.5 Å². The Morgan fingerprint density at radius 2 is 2.30 bits per heavy atom. The van der Waals surface area contributed by atoms with E-state index in [2.05, 4.69) is 20.2 Å². The molecule has 3 rings (SSSR count). The van der Waals surface area contributed by atoms with Crippen LogP contribution in [0, 0.1) is 0 Å². The minimum absolute atomic E-state index is 0.240. The molecular formula is C16H14N4O3. The lowest BCUT2D eigenvalue weighted by Gasteiger charge is -2.03. The van der Waals surface area contributed by atoms with E-state index >= 15 is 0 Å². The van der Waals surface area contributed by atoms with Gasteiger partial charge in [0.05, 0.1) is 12.9 Å². The quantitative estimate of drug-likeness (QED) is 0.575. The molecule has 0 unspecified atom stereocenters. The number of carbonyl (C=O) groups is 1. The molecule has 116 valence electrons. The first-order valence-corrected chi connectivity index (χ1v) is 7.03. The van der Waals surface area contributed by atoms with Gasteiger partial charge >= 0.3 is 5.97 Å². The second kappa shape index (κ2) is 6.69. The minimum atomic E-state index is -0.502. The molecule has 3 aromatic rings. The third-order valence-corrected chi connectivity index (χ3v) is 2.99. The molecule has 0 aliphatic heterocycles. The summed E-state index contributed by atoms with van der Waals surface area (Å²) in [6, 6.07) is 7.09. The van der Waals surface area contributed by atoms with E-state index in [0.29, 0.717) is 17.4 Å². The molecule has 0 aliphatic carbocycles. The number of rotatable bonds is 5. The fraction of sp³-hybridized carbons (Fsp3) is 0.125. The van der Waals surface area contributed by atoms with Crippen LogP contribution in [0.2, 0.25) is 0 Å². The van der Waals surface area contributed by atoms with Gasteiger partial charge in [0.25, 0.3) is 0 Å². The van der Waals surface area contributed by atoms with Gasteiger partial charge in [0.2, 0.25) is 0 Å². The van der Waals surface area contributed by atoms with E-state index in [0.717, 1.165) is 5.56 Å². The van der Waals surface area contributed by atoms with Gasteiger partial charge in [-0.25, -0.2) is 9.78 Å². The van der Waals surface area contributed by atoms with Gasteiger partial charge in [0, 0.05) is 18.0 Å². The number of aromatic nitrogens is 4. The van der Waals surface area contributed by atoms with Crippen molar-refractivity contribution in [1.82, 2.24) is 20.2 Å². The Kier molecular flexibility index (Phi) is 4.28. The summed E-state index contributed by atoms with van der Waals surface area (Å²) in [4.78, 5) is 20.6. The molecule has 0 atom stereocenters. The smallest absolute Gasteiger partial charge is 0.342 e. The Morgan fingerprint density at radius 1 is 1.39 bits per heavy atom. The zero-order chi connectivity index (χ0) is 16.1. The van der Waals surface area contributed by atoms with Gasteiger partial charge in [-0.1, -0.05) is 0 Å². The number of esters is 1. The van der Waals surface area contributed by atoms with Gasteiger partial charge in [-0.2, -0.15) is 5.10 Å². The molecule has 0 radical (unpaired) electrons. The van der Waals surface area contributed by atoms with Crippen LogP contribution in [0.4, 0.5) is 0 Å². The maximum Gasteiger partial charge on any atom is 0.342 e. The van der Waals surface area contributed by atoms with Gasteiger partial charge < -0.3 is 9.15 Å². The molecule has 0 fully saturated rings. The average Bonchev–Trinajstić information content (AvgIpc) is 3.25. The molecule has 0 spiro atoms. The second-order valence-electron chi connectivity index (χ2n) is 4.54. The van der Waals surface area contributed by atoms with E-state index in [1.807, 2.05) is 6.07 Å². The molecule has 0 saturated heterocycles. The number of aromatic amines is 1. The molecule has 0 amide bonds. The van der Waals surface area contributed by atoms with Crippen molar-refractivity contribution in [2.24, 2.45) is 0 Å². The lowest BCUT2D eigenvalue weighted by atomic mass is 10.2. The summed E-state index contributed by atoms with van der Waals surface area (Å²) in [5.74, 6) is 0.770. The highest BCUT2D eigenvalue weighted by molar-refractivity contribution is 6.20. The van der Waals surface area contributed by atoms with Crippen molar-refractivity contribution in [1.29, 1.82) is 0 Å². The molecule has 3 heterocycles. The maximum absolute atomic E-state index is 12.2. The Morgan fingerprint density at radius 3 is 3.00 bits per heavy atom. The van der Waals surface area contributed by atoms with Crippen LogP contribution < -0.4 is 0 Å². The Hall–Kier alpha value is -3.22. The molecule has 0 saturated carbocycles. The molecule has 0 bridgehead atoms. The summed E-state index contributed by atoms with van der Waals surface area (Å²) in [6.07, 6.45) is 6.40. The van der Waals surface area contributed by atoms with E-state index in [1.165, 1.54) is 6.26 Å². The van der Waals surface area contributed by atoms with Crippen LogP contribution in [0.15, 0.2) is 47.3 Å². The Labute approximate surface area is 132 Å². The lowest BCUT2D eigenvalue weighted by molar-refractivity contribution is -0.136. The monoisotopic (exact) mass is 310 g/mol. The first-order chi connectivity index (χ1) is 11.3. The molecule has 0 aromatic carbocycles. The van der Waals surface area contributed by atoms with Crippen LogP contribution in [0.5, 0.6) is 0 Å². The molecule has 7 heteroatoms. The van der Waals surface area contributed by atoms with Crippen LogP contribution in [0.1, 0.15) is 18.5 Å². The molecule has 23 heavy (non-hydrogen) atoms. The number of pyridine rings is 1. The standard InChI is InChI=1S/C16H14N4O3/c1-2-22-16(21)13(9-12-6-4-8-23-12)15-18-14(19-20-15)11-5-3-7-17-10-11/h3-10H,2H2,1H3,(H,18,19,20)/b13-9-. The number of carbonyl (C=O) groups excluding carboxylic acids is 1. The van der Waals surface area contributed by atoms with E-state index in [4.69, 9.17) is 9.15 Å². The van der Waals surface area contributed by atoms with Crippen molar-refractivity contribution in [2.75, 3.05) is 6.61 Å². The van der Waals surface area contributed by atoms with Crippen LogP contribution >= 0.6 is 0 Å². The number of furan rings is 1. The SMILES string of the molecule is CCOC(=O)/C(=C\c1ccco1)c1nc(-c2cccnc2)n[nH]1. The van der Waals surface area contributed by atoms with E-state index in [1.54, 1.807) is 43.6 Å². The first kappa shape index (κ1) is 14.7. The van der Waals surface area contributed by atoms with Gasteiger partial charge in [-0.05, 0) is 37.3 Å². The summed E-state index contributed by atoms with van der Waals surface area (Å²) >= 11 is 0. The number of nitrogens with zero attached hydrogens (tertiary/aromatic N) is 3. The Bertz CT molecular complexity index is 807.